The van der Waals surface area contributed by atoms with Crippen LogP contribution >= 0.6 is 0 Å². The first-order chi connectivity index (χ1) is 24.6. The number of hydrogen-bond acceptors (Lipinski definition) is 7. The third-order valence-corrected chi connectivity index (χ3v) is 8.56. The lowest BCUT2D eigenvalue weighted by molar-refractivity contribution is -0.133. The molecule has 266 valence electrons. The molecule has 0 saturated carbocycles. The van der Waals surface area contributed by atoms with E-state index in [2.05, 4.69) is 35.9 Å². The van der Waals surface area contributed by atoms with Crippen LogP contribution in [0.1, 0.15) is 29.7 Å². The molecule has 2 aromatic heterocycles. The van der Waals surface area contributed by atoms with Gasteiger partial charge in [-0.2, -0.15) is 0 Å². The fraction of sp³-hybridized carbons (Fsp3) is 0.278. The number of para-hydroxylation sites is 1. The number of benzene rings is 3. The highest BCUT2D eigenvalue weighted by Crippen LogP contribution is 2.20. The number of amides is 4. The van der Waals surface area contributed by atoms with Gasteiger partial charge in [-0.15, -0.1) is 0 Å². The van der Waals surface area contributed by atoms with Crippen molar-refractivity contribution in [2.24, 2.45) is 27.9 Å². The van der Waals surface area contributed by atoms with Crippen molar-refractivity contribution >= 4 is 51.3 Å². The summed E-state index contributed by atoms with van der Waals surface area (Å²) in [7, 11) is 0. The molecule has 0 fully saturated rings. The lowest BCUT2D eigenvalue weighted by Crippen LogP contribution is -2.58. The number of guanidine groups is 1. The van der Waals surface area contributed by atoms with Crippen LogP contribution in [0.4, 0.5) is 0 Å². The van der Waals surface area contributed by atoms with Gasteiger partial charge in [0.2, 0.25) is 23.6 Å². The molecular weight excluding hydrogens is 650 g/mol. The maximum absolute atomic E-state index is 14.0. The number of fused-ring (bicyclic) bond motifs is 2. The Hall–Kier alpha value is -6.22. The number of carbonyl (C=O) groups excluding carboxylic acids is 4. The molecule has 0 saturated heterocycles. The lowest BCUT2D eigenvalue weighted by Gasteiger charge is -2.25. The first-order valence-corrected chi connectivity index (χ1v) is 16.6. The van der Waals surface area contributed by atoms with Gasteiger partial charge in [-0.3, -0.25) is 24.2 Å². The number of carbonyl (C=O) groups is 4. The number of aromatic nitrogens is 3. The van der Waals surface area contributed by atoms with Gasteiger partial charge < -0.3 is 48.9 Å². The van der Waals surface area contributed by atoms with Gasteiger partial charge in [-0.25, -0.2) is 4.98 Å². The molecule has 4 atom stereocenters. The van der Waals surface area contributed by atoms with Gasteiger partial charge in [-0.05, 0) is 40.8 Å². The van der Waals surface area contributed by atoms with E-state index in [9.17, 15) is 19.2 Å². The van der Waals surface area contributed by atoms with E-state index in [0.717, 1.165) is 32.8 Å². The van der Waals surface area contributed by atoms with Crippen LogP contribution in [-0.4, -0.2) is 75.3 Å². The van der Waals surface area contributed by atoms with Gasteiger partial charge in [0, 0.05) is 54.8 Å². The second kappa shape index (κ2) is 16.9. The molecule has 0 spiro atoms. The molecule has 13 N–H and O–H groups in total. The number of primary amides is 1. The van der Waals surface area contributed by atoms with Crippen LogP contribution in [0, 0.1) is 0 Å². The van der Waals surface area contributed by atoms with Crippen LogP contribution in [0.2, 0.25) is 0 Å². The van der Waals surface area contributed by atoms with E-state index in [1.54, 1.807) is 12.4 Å². The van der Waals surface area contributed by atoms with Crippen molar-refractivity contribution in [1.82, 2.24) is 30.9 Å². The van der Waals surface area contributed by atoms with E-state index >= 15 is 0 Å². The summed E-state index contributed by atoms with van der Waals surface area (Å²) in [5.74, 6) is -2.68. The summed E-state index contributed by atoms with van der Waals surface area (Å²) < 4.78 is 0. The largest absolute Gasteiger partial charge is 0.370 e. The number of nitrogens with two attached hydrogens (primary N) is 4. The number of aromatic amines is 2. The summed E-state index contributed by atoms with van der Waals surface area (Å²) in [6, 6.07) is 16.8. The van der Waals surface area contributed by atoms with Crippen molar-refractivity contribution in [3.8, 4) is 0 Å². The number of aliphatic imine (C=N–C) groups is 1. The topological polar surface area (TPSA) is 265 Å². The molecule has 3 aromatic carbocycles. The third-order valence-electron chi connectivity index (χ3n) is 8.56. The number of hydrogen-bond donors (Lipinski definition) is 9. The SMILES string of the molecule is NC(=O)[C@H](Cc1c[nH]c2ccccc12)NC(=O)[C@H](CCCN=C(N)N)NC(=O)[C@@H](Cc1ccc2ccccc2c1)NC(=O)[C@@H](N)Cc1cnc[nH]1. The van der Waals surface area contributed by atoms with Crippen LogP contribution in [-0.2, 0) is 38.4 Å². The maximum atomic E-state index is 14.0. The minimum Gasteiger partial charge on any atom is -0.370 e. The van der Waals surface area contributed by atoms with Crippen LogP contribution < -0.4 is 38.9 Å². The van der Waals surface area contributed by atoms with E-state index in [1.807, 2.05) is 66.7 Å². The Morgan fingerprint density at radius 3 is 2.22 bits per heavy atom. The van der Waals surface area contributed by atoms with Crippen molar-refractivity contribution in [3.05, 3.63) is 102 Å². The van der Waals surface area contributed by atoms with Gasteiger partial charge in [0.15, 0.2) is 5.96 Å². The zero-order chi connectivity index (χ0) is 36.3. The Morgan fingerprint density at radius 1 is 0.765 bits per heavy atom. The number of rotatable bonds is 17. The van der Waals surface area contributed by atoms with Crippen molar-refractivity contribution in [2.75, 3.05) is 6.54 Å². The van der Waals surface area contributed by atoms with E-state index in [4.69, 9.17) is 22.9 Å². The average molecular weight is 694 g/mol. The zero-order valence-corrected chi connectivity index (χ0v) is 28.0. The standard InChI is InChI=1S/C36H43N11O4/c37-27(17-25-19-41-20-44-25)33(49)47-31(15-21-11-12-22-6-1-2-7-23(22)14-21)35(51)45-29(10-5-13-42-36(39)40)34(50)46-30(32(38)48)16-24-18-43-28-9-4-3-8-26(24)28/h1-4,6-9,11-12,14,18-20,27,29-31,43H,5,10,13,15-17,37H2,(H2,38,48)(H,41,44)(H,45,51)(H,46,50)(H,47,49)(H4,39,40,42)/t27-,29-,30-,31+/m0/s1. The Bertz CT molecular complexity index is 2000. The highest BCUT2D eigenvalue weighted by atomic mass is 16.2. The second-order valence-corrected chi connectivity index (χ2v) is 12.4. The predicted octanol–water partition coefficient (Wildman–Crippen LogP) is 0.393. The fourth-order valence-corrected chi connectivity index (χ4v) is 5.88. The minimum absolute atomic E-state index is 0.103. The smallest absolute Gasteiger partial charge is 0.243 e. The van der Waals surface area contributed by atoms with Gasteiger partial charge in [-0.1, -0.05) is 60.7 Å². The van der Waals surface area contributed by atoms with Crippen molar-refractivity contribution in [2.45, 2.75) is 56.3 Å². The number of nitrogens with zero attached hydrogens (tertiary/aromatic N) is 2. The predicted molar refractivity (Wildman–Crippen MR) is 195 cm³/mol. The van der Waals surface area contributed by atoms with Crippen molar-refractivity contribution < 1.29 is 19.2 Å². The molecule has 15 heteroatoms. The molecule has 0 unspecified atom stereocenters. The molecule has 2 heterocycles. The highest BCUT2D eigenvalue weighted by molar-refractivity contribution is 5.95. The monoisotopic (exact) mass is 693 g/mol. The molecule has 0 aliphatic carbocycles. The number of imidazole rings is 1. The van der Waals surface area contributed by atoms with E-state index in [-0.39, 0.29) is 38.2 Å². The molecule has 0 aliphatic heterocycles. The maximum Gasteiger partial charge on any atom is 0.243 e. The first kappa shape index (κ1) is 36.1. The van der Waals surface area contributed by atoms with Gasteiger partial charge >= 0.3 is 0 Å². The number of H-pyrrole nitrogens is 2. The highest BCUT2D eigenvalue weighted by Gasteiger charge is 2.30. The Kier molecular flexibility index (Phi) is 12.0. The Labute approximate surface area is 294 Å². The molecule has 15 nitrogen and oxygen atoms in total. The summed E-state index contributed by atoms with van der Waals surface area (Å²) in [5.41, 5.74) is 26.0. The van der Waals surface area contributed by atoms with E-state index in [1.165, 1.54) is 6.33 Å². The molecule has 0 bridgehead atoms. The second-order valence-electron chi connectivity index (χ2n) is 12.4. The summed E-state index contributed by atoms with van der Waals surface area (Å²) in [4.78, 5) is 67.8. The quantitative estimate of drug-likeness (QED) is 0.0373. The van der Waals surface area contributed by atoms with Gasteiger partial charge in [0.05, 0.1) is 12.4 Å². The normalized spacial score (nSPS) is 13.5. The molecule has 51 heavy (non-hydrogen) atoms. The fourth-order valence-electron chi connectivity index (χ4n) is 5.88. The summed E-state index contributed by atoms with van der Waals surface area (Å²) in [5, 5.41) is 11.2. The van der Waals surface area contributed by atoms with Crippen LogP contribution in [0.3, 0.4) is 0 Å². The van der Waals surface area contributed by atoms with E-state index < -0.39 is 47.8 Å². The average Bonchev–Trinajstić information content (AvgIpc) is 3.78. The van der Waals surface area contributed by atoms with Gasteiger partial charge in [0.1, 0.15) is 18.1 Å². The molecule has 0 aliphatic rings. The molecule has 0 radical (unpaired) electrons. The Morgan fingerprint density at radius 2 is 1.47 bits per heavy atom. The Balaban J connectivity index is 1.36. The van der Waals surface area contributed by atoms with E-state index in [0.29, 0.717) is 12.1 Å². The summed E-state index contributed by atoms with van der Waals surface area (Å²) in [6.07, 6.45) is 5.63. The first-order valence-electron chi connectivity index (χ1n) is 16.6. The van der Waals surface area contributed by atoms with Crippen LogP contribution in [0.25, 0.3) is 21.7 Å². The number of nitrogens with one attached hydrogen (secondary N) is 5. The zero-order valence-electron chi connectivity index (χ0n) is 28.0. The van der Waals surface area contributed by atoms with Crippen molar-refractivity contribution in [1.29, 1.82) is 0 Å². The minimum atomic E-state index is -1.13. The van der Waals surface area contributed by atoms with Crippen molar-refractivity contribution in [3.63, 3.8) is 0 Å². The third kappa shape index (κ3) is 9.92. The molecular formula is C36H43N11O4. The lowest BCUT2D eigenvalue weighted by atomic mass is 10.00. The molecule has 5 aromatic rings. The van der Waals surface area contributed by atoms with Gasteiger partial charge in [0.25, 0.3) is 0 Å². The van der Waals surface area contributed by atoms with Crippen LogP contribution in [0.5, 0.6) is 0 Å². The molecule has 5 rings (SSSR count). The van der Waals surface area contributed by atoms with Crippen LogP contribution in [0.15, 0.2) is 90.4 Å². The molecule has 4 amide bonds. The summed E-state index contributed by atoms with van der Waals surface area (Å²) >= 11 is 0. The summed E-state index contributed by atoms with van der Waals surface area (Å²) in [6.45, 7) is 0.191.